The highest BCUT2D eigenvalue weighted by molar-refractivity contribution is 9.10. The summed E-state index contributed by atoms with van der Waals surface area (Å²) < 4.78 is 26.9. The van der Waals surface area contributed by atoms with Crippen molar-refractivity contribution >= 4 is 21.9 Å². The summed E-state index contributed by atoms with van der Waals surface area (Å²) in [5, 5.41) is 0. The van der Waals surface area contributed by atoms with Crippen LogP contribution < -0.4 is 18.9 Å². The summed E-state index contributed by atoms with van der Waals surface area (Å²) in [4.78, 5) is 11.9. The summed E-state index contributed by atoms with van der Waals surface area (Å²) in [6.07, 6.45) is 0. The van der Waals surface area contributed by atoms with Gasteiger partial charge < -0.3 is 23.7 Å². The van der Waals surface area contributed by atoms with Crippen molar-refractivity contribution in [3.63, 3.8) is 0 Å². The Labute approximate surface area is 154 Å². The number of methoxy groups -OCH3 is 3. The first-order valence-electron chi connectivity index (χ1n) is 7.40. The summed E-state index contributed by atoms with van der Waals surface area (Å²) in [5.41, 5.74) is 0.760. The van der Waals surface area contributed by atoms with Crippen molar-refractivity contribution in [1.29, 1.82) is 0 Å². The first kappa shape index (κ1) is 18.9. The van der Waals surface area contributed by atoms with Gasteiger partial charge in [0, 0.05) is 10.0 Å². The minimum Gasteiger partial charge on any atom is -0.497 e. The SMILES string of the molecule is COc1ccc(OCC(=O)OCc2cc(OC)c(OC)cc2Br)cc1. The first-order chi connectivity index (χ1) is 12.1. The molecule has 0 saturated heterocycles. The molecule has 6 nitrogen and oxygen atoms in total. The summed E-state index contributed by atoms with van der Waals surface area (Å²) in [5.74, 6) is 1.95. The monoisotopic (exact) mass is 410 g/mol. The Morgan fingerprint density at radius 1 is 0.920 bits per heavy atom. The largest absolute Gasteiger partial charge is 0.497 e. The molecule has 0 aliphatic rings. The normalized spacial score (nSPS) is 10.1. The van der Waals surface area contributed by atoms with E-state index in [-0.39, 0.29) is 13.2 Å². The van der Waals surface area contributed by atoms with E-state index in [1.165, 1.54) is 0 Å². The lowest BCUT2D eigenvalue weighted by Gasteiger charge is -2.12. The highest BCUT2D eigenvalue weighted by Gasteiger charge is 2.12. The van der Waals surface area contributed by atoms with Gasteiger partial charge in [0.1, 0.15) is 18.1 Å². The number of carbonyl (C=O) groups is 1. The van der Waals surface area contributed by atoms with Crippen LogP contribution in [0.25, 0.3) is 0 Å². The number of hydrogen-bond donors (Lipinski definition) is 0. The van der Waals surface area contributed by atoms with E-state index in [2.05, 4.69) is 15.9 Å². The average Bonchev–Trinajstić information content (AvgIpc) is 2.65. The fraction of sp³-hybridized carbons (Fsp3) is 0.278. The predicted octanol–water partition coefficient (Wildman–Crippen LogP) is 3.60. The molecular weight excluding hydrogens is 392 g/mol. The van der Waals surface area contributed by atoms with Crippen LogP contribution in [0, 0.1) is 0 Å². The second kappa shape index (κ2) is 9.17. The van der Waals surface area contributed by atoms with Gasteiger partial charge in [-0.25, -0.2) is 4.79 Å². The van der Waals surface area contributed by atoms with Crippen LogP contribution in [0.5, 0.6) is 23.0 Å². The molecular formula is C18H19BrO6. The maximum absolute atomic E-state index is 11.9. The molecule has 7 heteroatoms. The maximum atomic E-state index is 11.9. The fourth-order valence-corrected chi connectivity index (χ4v) is 2.46. The van der Waals surface area contributed by atoms with Crippen LogP contribution in [0.3, 0.4) is 0 Å². The molecule has 0 bridgehead atoms. The Morgan fingerprint density at radius 3 is 2.12 bits per heavy atom. The zero-order valence-electron chi connectivity index (χ0n) is 14.2. The lowest BCUT2D eigenvalue weighted by molar-refractivity contribution is -0.147. The predicted molar refractivity (Wildman–Crippen MR) is 95.5 cm³/mol. The average molecular weight is 411 g/mol. The molecule has 0 radical (unpaired) electrons. The van der Waals surface area contributed by atoms with E-state index in [1.807, 2.05) is 0 Å². The molecule has 0 fully saturated rings. The lowest BCUT2D eigenvalue weighted by atomic mass is 10.2. The quantitative estimate of drug-likeness (QED) is 0.619. The zero-order chi connectivity index (χ0) is 18.2. The summed E-state index contributed by atoms with van der Waals surface area (Å²) >= 11 is 3.42. The van der Waals surface area contributed by atoms with Crippen molar-refractivity contribution in [3.05, 3.63) is 46.4 Å². The number of benzene rings is 2. The van der Waals surface area contributed by atoms with Gasteiger partial charge in [0.15, 0.2) is 18.1 Å². The molecule has 25 heavy (non-hydrogen) atoms. The third kappa shape index (κ3) is 5.29. The van der Waals surface area contributed by atoms with Crippen LogP contribution in [0.2, 0.25) is 0 Å². The van der Waals surface area contributed by atoms with Crippen molar-refractivity contribution in [3.8, 4) is 23.0 Å². The van der Waals surface area contributed by atoms with Gasteiger partial charge in [-0.15, -0.1) is 0 Å². The number of hydrogen-bond acceptors (Lipinski definition) is 6. The van der Waals surface area contributed by atoms with E-state index in [4.69, 9.17) is 23.7 Å². The molecule has 2 aromatic carbocycles. The van der Waals surface area contributed by atoms with Crippen molar-refractivity contribution in [2.75, 3.05) is 27.9 Å². The second-order valence-electron chi connectivity index (χ2n) is 4.92. The number of carbonyl (C=O) groups excluding carboxylic acids is 1. The number of rotatable bonds is 8. The highest BCUT2D eigenvalue weighted by atomic mass is 79.9. The van der Waals surface area contributed by atoms with Gasteiger partial charge >= 0.3 is 5.97 Å². The Kier molecular flexibility index (Phi) is 6.94. The van der Waals surface area contributed by atoms with E-state index >= 15 is 0 Å². The van der Waals surface area contributed by atoms with Crippen molar-refractivity contribution in [1.82, 2.24) is 0 Å². The molecule has 0 spiro atoms. The number of ether oxygens (including phenoxy) is 5. The van der Waals surface area contributed by atoms with E-state index in [1.54, 1.807) is 57.7 Å². The third-order valence-corrected chi connectivity index (χ3v) is 4.10. The molecule has 2 aromatic rings. The molecule has 0 atom stereocenters. The molecule has 0 unspecified atom stereocenters. The number of halogens is 1. The molecule has 134 valence electrons. The van der Waals surface area contributed by atoms with Gasteiger partial charge in [-0.05, 0) is 36.4 Å². The van der Waals surface area contributed by atoms with Crippen molar-refractivity contribution in [2.45, 2.75) is 6.61 Å². The molecule has 0 aromatic heterocycles. The van der Waals surface area contributed by atoms with Crippen LogP contribution in [0.15, 0.2) is 40.9 Å². The van der Waals surface area contributed by atoms with Crippen LogP contribution in [0.4, 0.5) is 0 Å². The van der Waals surface area contributed by atoms with Gasteiger partial charge in [0.2, 0.25) is 0 Å². The maximum Gasteiger partial charge on any atom is 0.344 e. The third-order valence-electron chi connectivity index (χ3n) is 3.36. The summed E-state index contributed by atoms with van der Waals surface area (Å²) in [6.45, 7) is -0.0943. The molecule has 0 N–H and O–H groups in total. The van der Waals surface area contributed by atoms with E-state index in [9.17, 15) is 4.79 Å². The Balaban J connectivity index is 1.89. The fourth-order valence-electron chi connectivity index (χ4n) is 2.02. The van der Waals surface area contributed by atoms with E-state index in [0.29, 0.717) is 23.0 Å². The Bertz CT molecular complexity index is 714. The lowest BCUT2D eigenvalue weighted by Crippen LogP contribution is -2.15. The first-order valence-corrected chi connectivity index (χ1v) is 8.19. The van der Waals surface area contributed by atoms with E-state index < -0.39 is 5.97 Å². The molecule has 0 aliphatic heterocycles. The summed E-state index contributed by atoms with van der Waals surface area (Å²) in [6, 6.07) is 10.5. The Hall–Kier alpha value is -2.41. The minimum atomic E-state index is -0.475. The van der Waals surface area contributed by atoms with E-state index in [0.717, 1.165) is 10.0 Å². The molecule has 0 aliphatic carbocycles. The molecule has 0 heterocycles. The highest BCUT2D eigenvalue weighted by Crippen LogP contribution is 2.33. The second-order valence-corrected chi connectivity index (χ2v) is 5.78. The molecule has 2 rings (SSSR count). The van der Waals surface area contributed by atoms with Crippen LogP contribution in [-0.4, -0.2) is 33.9 Å². The summed E-state index contributed by atoms with van der Waals surface area (Å²) in [7, 11) is 4.68. The van der Waals surface area contributed by atoms with Gasteiger partial charge in [-0.2, -0.15) is 0 Å². The molecule has 0 saturated carbocycles. The van der Waals surface area contributed by atoms with Gasteiger partial charge in [-0.3, -0.25) is 0 Å². The smallest absolute Gasteiger partial charge is 0.344 e. The Morgan fingerprint density at radius 2 is 1.52 bits per heavy atom. The minimum absolute atomic E-state index is 0.0890. The standard InChI is InChI=1S/C18H19BrO6/c1-21-13-4-6-14(7-5-13)24-11-18(20)25-10-12-8-16(22-2)17(23-3)9-15(12)19/h4-9H,10-11H2,1-3H3. The number of esters is 1. The van der Waals surface area contributed by atoms with Crippen LogP contribution in [0.1, 0.15) is 5.56 Å². The van der Waals surface area contributed by atoms with Crippen molar-refractivity contribution < 1.29 is 28.5 Å². The van der Waals surface area contributed by atoms with Gasteiger partial charge in [0.05, 0.1) is 21.3 Å². The van der Waals surface area contributed by atoms with Crippen LogP contribution in [-0.2, 0) is 16.1 Å². The molecule has 0 amide bonds. The van der Waals surface area contributed by atoms with Crippen molar-refractivity contribution in [2.24, 2.45) is 0 Å². The topological polar surface area (TPSA) is 63.2 Å². The van der Waals surface area contributed by atoms with Gasteiger partial charge in [0.25, 0.3) is 0 Å². The zero-order valence-corrected chi connectivity index (χ0v) is 15.8. The van der Waals surface area contributed by atoms with Gasteiger partial charge in [-0.1, -0.05) is 15.9 Å². The van der Waals surface area contributed by atoms with Crippen LogP contribution >= 0.6 is 15.9 Å².